The van der Waals surface area contributed by atoms with Gasteiger partial charge in [-0.1, -0.05) is 0 Å². The van der Waals surface area contributed by atoms with E-state index in [-0.39, 0.29) is 17.2 Å². The molecule has 0 bridgehead atoms. The largest absolute Gasteiger partial charge is 0.374 e. The van der Waals surface area contributed by atoms with E-state index in [1.54, 1.807) is 13.0 Å². The molecular formula is C12H14N4O3. The zero-order valence-corrected chi connectivity index (χ0v) is 10.6. The third kappa shape index (κ3) is 3.67. The Bertz CT molecular complexity index is 536. The summed E-state index contributed by atoms with van der Waals surface area (Å²) in [6, 6.07) is 5.33. The number of hydrogen-bond donors (Lipinski definition) is 2. The first-order valence-corrected chi connectivity index (χ1v) is 5.72. The number of anilines is 1. The highest BCUT2D eigenvalue weighted by Crippen LogP contribution is 2.22. The van der Waals surface area contributed by atoms with Gasteiger partial charge in [0.1, 0.15) is 17.7 Å². The molecule has 0 aliphatic rings. The Balaban J connectivity index is 2.89. The van der Waals surface area contributed by atoms with Crippen LogP contribution in [0.5, 0.6) is 0 Å². The van der Waals surface area contributed by atoms with E-state index in [2.05, 4.69) is 10.6 Å². The molecule has 1 rings (SSSR count). The maximum Gasteiger partial charge on any atom is 0.287 e. The number of rotatable bonds is 5. The molecule has 0 saturated carbocycles. The Morgan fingerprint density at radius 2 is 2.26 bits per heavy atom. The smallest absolute Gasteiger partial charge is 0.287 e. The van der Waals surface area contributed by atoms with Crippen LogP contribution in [-0.2, 0) is 4.79 Å². The number of likely N-dealkylation sites (N-methyl/N-ethyl adjacent to an activating group) is 1. The SMILES string of the molecule is CCNC(=O)C(C)Nc1ccc([N+](=O)[O-])c(C#N)c1. The predicted molar refractivity (Wildman–Crippen MR) is 69.6 cm³/mol. The van der Waals surface area contributed by atoms with E-state index < -0.39 is 11.0 Å². The van der Waals surface area contributed by atoms with Crippen LogP contribution in [0.15, 0.2) is 18.2 Å². The van der Waals surface area contributed by atoms with Crippen molar-refractivity contribution in [2.45, 2.75) is 19.9 Å². The maximum atomic E-state index is 11.5. The zero-order chi connectivity index (χ0) is 14.4. The van der Waals surface area contributed by atoms with Crippen molar-refractivity contribution in [3.05, 3.63) is 33.9 Å². The third-order valence-corrected chi connectivity index (χ3v) is 2.44. The molecule has 1 unspecified atom stereocenters. The molecule has 2 N–H and O–H groups in total. The van der Waals surface area contributed by atoms with E-state index in [9.17, 15) is 14.9 Å². The fourth-order valence-corrected chi connectivity index (χ4v) is 1.52. The number of benzene rings is 1. The number of nitro benzene ring substituents is 1. The molecule has 1 amide bonds. The number of nitriles is 1. The second kappa shape index (κ2) is 6.35. The lowest BCUT2D eigenvalue weighted by atomic mass is 10.1. The molecule has 100 valence electrons. The molecule has 1 atom stereocenters. The molecule has 1 aromatic carbocycles. The van der Waals surface area contributed by atoms with Crippen LogP contribution in [0.3, 0.4) is 0 Å². The van der Waals surface area contributed by atoms with Gasteiger partial charge in [-0.3, -0.25) is 14.9 Å². The summed E-state index contributed by atoms with van der Waals surface area (Å²) in [7, 11) is 0. The molecule has 0 aliphatic carbocycles. The average Bonchev–Trinajstić information content (AvgIpc) is 2.38. The summed E-state index contributed by atoms with van der Waals surface area (Å²) in [6.07, 6.45) is 0. The summed E-state index contributed by atoms with van der Waals surface area (Å²) >= 11 is 0. The molecule has 7 nitrogen and oxygen atoms in total. The lowest BCUT2D eigenvalue weighted by Gasteiger charge is -2.14. The molecule has 0 fully saturated rings. The highest BCUT2D eigenvalue weighted by atomic mass is 16.6. The predicted octanol–water partition coefficient (Wildman–Crippen LogP) is 1.40. The van der Waals surface area contributed by atoms with Crippen molar-refractivity contribution in [2.24, 2.45) is 0 Å². The Morgan fingerprint density at radius 1 is 1.58 bits per heavy atom. The highest BCUT2D eigenvalue weighted by molar-refractivity contribution is 5.84. The summed E-state index contributed by atoms with van der Waals surface area (Å²) in [5.41, 5.74) is 0.192. The highest BCUT2D eigenvalue weighted by Gasteiger charge is 2.16. The number of amides is 1. The number of carbonyl (C=O) groups excluding carboxylic acids is 1. The molecule has 1 aromatic rings. The summed E-state index contributed by atoms with van der Waals surface area (Å²) in [4.78, 5) is 21.6. The lowest BCUT2D eigenvalue weighted by molar-refractivity contribution is -0.385. The summed E-state index contributed by atoms with van der Waals surface area (Å²) in [6.45, 7) is 4.00. The molecule has 0 saturated heterocycles. The van der Waals surface area contributed by atoms with E-state index >= 15 is 0 Å². The third-order valence-electron chi connectivity index (χ3n) is 2.44. The van der Waals surface area contributed by atoms with Crippen molar-refractivity contribution < 1.29 is 9.72 Å². The molecular weight excluding hydrogens is 248 g/mol. The van der Waals surface area contributed by atoms with Gasteiger partial charge in [0.25, 0.3) is 5.69 Å². The summed E-state index contributed by atoms with van der Waals surface area (Å²) in [5, 5.41) is 25.1. The van der Waals surface area contributed by atoms with Gasteiger partial charge >= 0.3 is 0 Å². The number of hydrogen-bond acceptors (Lipinski definition) is 5. The zero-order valence-electron chi connectivity index (χ0n) is 10.6. The van der Waals surface area contributed by atoms with Gasteiger partial charge in [0.2, 0.25) is 5.91 Å². The summed E-state index contributed by atoms with van der Waals surface area (Å²) in [5.74, 6) is -0.181. The first kappa shape index (κ1) is 14.4. The van der Waals surface area contributed by atoms with Crippen molar-refractivity contribution in [2.75, 3.05) is 11.9 Å². The summed E-state index contributed by atoms with van der Waals surface area (Å²) < 4.78 is 0. The van der Waals surface area contributed by atoms with Gasteiger partial charge < -0.3 is 10.6 Å². The van der Waals surface area contributed by atoms with E-state index in [0.717, 1.165) is 0 Å². The Labute approximate surface area is 110 Å². The molecule has 0 aliphatic heterocycles. The van der Waals surface area contributed by atoms with Crippen molar-refractivity contribution in [3.63, 3.8) is 0 Å². The number of nitrogens with zero attached hydrogens (tertiary/aromatic N) is 2. The number of nitrogens with one attached hydrogen (secondary N) is 2. The second-order valence-corrected chi connectivity index (χ2v) is 3.86. The van der Waals surface area contributed by atoms with Gasteiger partial charge in [-0.05, 0) is 26.0 Å². The van der Waals surface area contributed by atoms with Crippen LogP contribution in [0.1, 0.15) is 19.4 Å². The Morgan fingerprint density at radius 3 is 2.79 bits per heavy atom. The van der Waals surface area contributed by atoms with Gasteiger partial charge in [-0.25, -0.2) is 0 Å². The van der Waals surface area contributed by atoms with Crippen LogP contribution in [0.25, 0.3) is 0 Å². The van der Waals surface area contributed by atoms with Crippen LogP contribution in [-0.4, -0.2) is 23.4 Å². The van der Waals surface area contributed by atoms with E-state index in [0.29, 0.717) is 12.2 Å². The van der Waals surface area contributed by atoms with Gasteiger partial charge in [0, 0.05) is 18.3 Å². The van der Waals surface area contributed by atoms with Crippen LogP contribution >= 0.6 is 0 Å². The van der Waals surface area contributed by atoms with Crippen LogP contribution in [0, 0.1) is 21.4 Å². The molecule has 0 radical (unpaired) electrons. The normalized spacial score (nSPS) is 11.2. The molecule has 0 heterocycles. The lowest BCUT2D eigenvalue weighted by Crippen LogP contribution is -2.37. The minimum Gasteiger partial charge on any atom is -0.374 e. The van der Waals surface area contributed by atoms with Crippen molar-refractivity contribution in [1.29, 1.82) is 5.26 Å². The molecule has 0 aromatic heterocycles. The van der Waals surface area contributed by atoms with Crippen molar-refractivity contribution >= 4 is 17.3 Å². The van der Waals surface area contributed by atoms with Crippen LogP contribution in [0.2, 0.25) is 0 Å². The Kier molecular flexibility index (Phi) is 4.83. The Hall–Kier alpha value is -2.62. The monoisotopic (exact) mass is 262 g/mol. The van der Waals surface area contributed by atoms with E-state index in [1.807, 2.05) is 6.92 Å². The minimum atomic E-state index is -0.616. The molecule has 0 spiro atoms. The quantitative estimate of drug-likeness (QED) is 0.616. The standard InChI is InChI=1S/C12H14N4O3/c1-3-14-12(17)8(2)15-10-4-5-11(16(18)19)9(6-10)7-13/h4-6,8,15H,3H2,1-2H3,(H,14,17). The van der Waals surface area contributed by atoms with Crippen LogP contribution < -0.4 is 10.6 Å². The number of nitro groups is 1. The first-order valence-electron chi connectivity index (χ1n) is 5.72. The van der Waals surface area contributed by atoms with Gasteiger partial charge in [0.05, 0.1) is 4.92 Å². The topological polar surface area (TPSA) is 108 Å². The first-order chi connectivity index (χ1) is 8.99. The fourth-order valence-electron chi connectivity index (χ4n) is 1.52. The second-order valence-electron chi connectivity index (χ2n) is 3.86. The average molecular weight is 262 g/mol. The van der Waals surface area contributed by atoms with Crippen molar-refractivity contribution in [3.8, 4) is 6.07 Å². The van der Waals surface area contributed by atoms with E-state index in [1.165, 1.54) is 18.2 Å². The fraction of sp³-hybridized carbons (Fsp3) is 0.333. The maximum absolute atomic E-state index is 11.5. The van der Waals surface area contributed by atoms with Gasteiger partial charge in [-0.15, -0.1) is 0 Å². The van der Waals surface area contributed by atoms with Crippen molar-refractivity contribution in [1.82, 2.24) is 5.32 Å². The molecule has 19 heavy (non-hydrogen) atoms. The number of carbonyl (C=O) groups is 1. The van der Waals surface area contributed by atoms with Crippen LogP contribution in [0.4, 0.5) is 11.4 Å². The molecule has 7 heteroatoms. The van der Waals surface area contributed by atoms with E-state index in [4.69, 9.17) is 5.26 Å². The van der Waals surface area contributed by atoms with Gasteiger partial charge in [0.15, 0.2) is 0 Å². The van der Waals surface area contributed by atoms with Gasteiger partial charge in [-0.2, -0.15) is 5.26 Å². The minimum absolute atomic E-state index is 0.0434.